The monoisotopic (exact) mass is 328 g/mol. The quantitative estimate of drug-likeness (QED) is 0.592. The lowest BCUT2D eigenvalue weighted by atomic mass is 9.93. The van der Waals surface area contributed by atoms with Crippen LogP contribution in [0.4, 0.5) is 5.69 Å². The molecule has 0 aliphatic rings. The van der Waals surface area contributed by atoms with Gasteiger partial charge in [0.05, 0.1) is 10.8 Å². The summed E-state index contributed by atoms with van der Waals surface area (Å²) in [6.07, 6.45) is 1.37. The fraction of sp³-hybridized carbons (Fsp3) is 0.278. The Morgan fingerprint density at radius 3 is 2.54 bits per heavy atom. The van der Waals surface area contributed by atoms with Crippen molar-refractivity contribution in [2.24, 2.45) is 5.73 Å². The third kappa shape index (κ3) is 4.32. The highest BCUT2D eigenvalue weighted by Crippen LogP contribution is 2.32. The number of nitro groups is 1. The molecule has 0 heterocycles. The van der Waals surface area contributed by atoms with Crippen LogP contribution in [0.15, 0.2) is 48.5 Å². The second-order valence-electron chi connectivity index (χ2n) is 5.50. The SMILES string of the molecule is CCCC(C(N)=O)c1ccc([N+](=O)[O-])c(OCc2ccccc2)c1. The van der Waals surface area contributed by atoms with Gasteiger partial charge in [-0.3, -0.25) is 14.9 Å². The van der Waals surface area contributed by atoms with E-state index in [-0.39, 0.29) is 18.0 Å². The first-order valence-electron chi connectivity index (χ1n) is 7.77. The number of nitro benzene ring substituents is 1. The molecule has 0 aliphatic heterocycles. The van der Waals surface area contributed by atoms with Gasteiger partial charge in [-0.2, -0.15) is 0 Å². The Morgan fingerprint density at radius 1 is 1.25 bits per heavy atom. The van der Waals surface area contributed by atoms with Gasteiger partial charge in [-0.15, -0.1) is 0 Å². The van der Waals surface area contributed by atoms with Gasteiger partial charge in [-0.1, -0.05) is 49.7 Å². The Hall–Kier alpha value is -2.89. The van der Waals surface area contributed by atoms with Crippen molar-refractivity contribution >= 4 is 11.6 Å². The van der Waals surface area contributed by atoms with Crippen LogP contribution < -0.4 is 10.5 Å². The van der Waals surface area contributed by atoms with Crippen molar-refractivity contribution in [3.63, 3.8) is 0 Å². The highest BCUT2D eigenvalue weighted by atomic mass is 16.6. The number of nitrogens with zero attached hydrogens (tertiary/aromatic N) is 1. The molecule has 0 spiro atoms. The van der Waals surface area contributed by atoms with Crippen molar-refractivity contribution in [1.82, 2.24) is 0 Å². The van der Waals surface area contributed by atoms with Gasteiger partial charge in [0, 0.05) is 6.07 Å². The molecule has 126 valence electrons. The number of rotatable bonds is 8. The van der Waals surface area contributed by atoms with E-state index >= 15 is 0 Å². The third-order valence-electron chi connectivity index (χ3n) is 3.74. The Balaban J connectivity index is 2.30. The first-order valence-corrected chi connectivity index (χ1v) is 7.77. The Kier molecular flexibility index (Phi) is 5.89. The van der Waals surface area contributed by atoms with Crippen LogP contribution in [0.25, 0.3) is 0 Å². The van der Waals surface area contributed by atoms with Gasteiger partial charge in [0.1, 0.15) is 6.61 Å². The van der Waals surface area contributed by atoms with Gasteiger partial charge in [0.25, 0.3) is 0 Å². The molecule has 2 N–H and O–H groups in total. The molecular formula is C18H20N2O4. The van der Waals surface area contributed by atoms with Crippen LogP contribution in [0.2, 0.25) is 0 Å². The first kappa shape index (κ1) is 17.5. The highest BCUT2D eigenvalue weighted by molar-refractivity contribution is 5.82. The number of nitrogens with two attached hydrogens (primary N) is 1. The molecule has 1 amide bonds. The number of hydrogen-bond acceptors (Lipinski definition) is 4. The number of carbonyl (C=O) groups excluding carboxylic acids is 1. The molecule has 0 saturated heterocycles. The number of carbonyl (C=O) groups is 1. The molecule has 0 radical (unpaired) electrons. The second kappa shape index (κ2) is 8.10. The van der Waals surface area contributed by atoms with E-state index < -0.39 is 16.7 Å². The number of ether oxygens (including phenoxy) is 1. The molecule has 6 nitrogen and oxygen atoms in total. The summed E-state index contributed by atoms with van der Waals surface area (Å²) in [4.78, 5) is 22.4. The van der Waals surface area contributed by atoms with E-state index in [4.69, 9.17) is 10.5 Å². The van der Waals surface area contributed by atoms with Crippen molar-refractivity contribution in [3.05, 3.63) is 69.8 Å². The maximum absolute atomic E-state index is 11.6. The zero-order chi connectivity index (χ0) is 17.5. The fourth-order valence-corrected chi connectivity index (χ4v) is 2.51. The molecule has 1 unspecified atom stereocenters. The van der Waals surface area contributed by atoms with E-state index in [1.54, 1.807) is 12.1 Å². The fourth-order valence-electron chi connectivity index (χ4n) is 2.51. The van der Waals surface area contributed by atoms with Crippen molar-refractivity contribution in [1.29, 1.82) is 0 Å². The van der Waals surface area contributed by atoms with Gasteiger partial charge >= 0.3 is 5.69 Å². The standard InChI is InChI=1S/C18H20N2O4/c1-2-6-15(18(19)21)14-9-10-16(20(22)23)17(11-14)24-12-13-7-4-3-5-8-13/h3-5,7-11,15H,2,6,12H2,1H3,(H2,19,21). The second-order valence-corrected chi connectivity index (χ2v) is 5.50. The predicted molar refractivity (Wildman–Crippen MR) is 90.7 cm³/mol. The lowest BCUT2D eigenvalue weighted by Gasteiger charge is -2.14. The smallest absolute Gasteiger partial charge is 0.310 e. The summed E-state index contributed by atoms with van der Waals surface area (Å²) in [5.74, 6) is -0.779. The lowest BCUT2D eigenvalue weighted by Crippen LogP contribution is -2.21. The molecule has 0 fully saturated rings. The predicted octanol–water partition coefficient (Wildman–Crippen LogP) is 3.54. The molecular weight excluding hydrogens is 308 g/mol. The van der Waals surface area contributed by atoms with Gasteiger partial charge in [-0.05, 0) is 23.6 Å². The Bertz CT molecular complexity index is 716. The minimum Gasteiger partial charge on any atom is -0.482 e. The normalized spacial score (nSPS) is 11.7. The van der Waals surface area contributed by atoms with Gasteiger partial charge in [0.2, 0.25) is 5.91 Å². The summed E-state index contributed by atoms with van der Waals surface area (Å²) in [6, 6.07) is 13.8. The third-order valence-corrected chi connectivity index (χ3v) is 3.74. The van der Waals surface area contributed by atoms with E-state index in [0.29, 0.717) is 12.0 Å². The average molecular weight is 328 g/mol. The summed E-state index contributed by atoms with van der Waals surface area (Å²) < 4.78 is 5.64. The van der Waals surface area contributed by atoms with Crippen LogP contribution in [-0.4, -0.2) is 10.8 Å². The van der Waals surface area contributed by atoms with Gasteiger partial charge in [0.15, 0.2) is 5.75 Å². The maximum atomic E-state index is 11.6. The van der Waals surface area contributed by atoms with Crippen LogP contribution in [0.5, 0.6) is 5.75 Å². The highest BCUT2D eigenvalue weighted by Gasteiger charge is 2.22. The van der Waals surface area contributed by atoms with Crippen LogP contribution in [0.3, 0.4) is 0 Å². The molecule has 0 saturated carbocycles. The van der Waals surface area contributed by atoms with Crippen LogP contribution in [-0.2, 0) is 11.4 Å². The van der Waals surface area contributed by atoms with E-state index in [1.165, 1.54) is 6.07 Å². The lowest BCUT2D eigenvalue weighted by molar-refractivity contribution is -0.386. The molecule has 2 rings (SSSR count). The molecule has 1 atom stereocenters. The van der Waals surface area contributed by atoms with E-state index in [0.717, 1.165) is 12.0 Å². The molecule has 24 heavy (non-hydrogen) atoms. The molecule has 6 heteroatoms. The maximum Gasteiger partial charge on any atom is 0.310 e. The minimum absolute atomic E-state index is 0.130. The molecule has 2 aromatic carbocycles. The first-order chi connectivity index (χ1) is 11.5. The number of hydrogen-bond donors (Lipinski definition) is 1. The Morgan fingerprint density at radius 2 is 1.96 bits per heavy atom. The van der Waals surface area contributed by atoms with E-state index in [9.17, 15) is 14.9 Å². The molecule has 0 bridgehead atoms. The van der Waals surface area contributed by atoms with Crippen molar-refractivity contribution < 1.29 is 14.5 Å². The average Bonchev–Trinajstić information content (AvgIpc) is 2.58. The van der Waals surface area contributed by atoms with Crippen molar-refractivity contribution in [3.8, 4) is 5.75 Å². The van der Waals surface area contributed by atoms with Crippen LogP contribution >= 0.6 is 0 Å². The zero-order valence-electron chi connectivity index (χ0n) is 13.5. The van der Waals surface area contributed by atoms with Crippen molar-refractivity contribution in [2.45, 2.75) is 32.3 Å². The van der Waals surface area contributed by atoms with Crippen LogP contribution in [0.1, 0.15) is 36.8 Å². The number of primary amides is 1. The topological polar surface area (TPSA) is 95.5 Å². The minimum atomic E-state index is -0.497. The summed E-state index contributed by atoms with van der Waals surface area (Å²) in [6.45, 7) is 2.16. The van der Waals surface area contributed by atoms with E-state index in [2.05, 4.69) is 0 Å². The number of amides is 1. The summed E-state index contributed by atoms with van der Waals surface area (Å²) >= 11 is 0. The van der Waals surface area contributed by atoms with Crippen LogP contribution in [0, 0.1) is 10.1 Å². The largest absolute Gasteiger partial charge is 0.482 e. The number of benzene rings is 2. The molecule has 2 aromatic rings. The van der Waals surface area contributed by atoms with Crippen molar-refractivity contribution in [2.75, 3.05) is 0 Å². The van der Waals surface area contributed by atoms with Gasteiger partial charge in [-0.25, -0.2) is 0 Å². The summed E-state index contributed by atoms with van der Waals surface area (Å²) in [5, 5.41) is 11.2. The molecule has 0 aromatic heterocycles. The summed E-state index contributed by atoms with van der Waals surface area (Å²) in [5.41, 5.74) is 6.86. The molecule has 0 aliphatic carbocycles. The Labute approximate surface area is 140 Å². The van der Waals surface area contributed by atoms with Gasteiger partial charge < -0.3 is 10.5 Å². The summed E-state index contributed by atoms with van der Waals surface area (Å²) in [7, 11) is 0. The zero-order valence-corrected chi connectivity index (χ0v) is 13.5. The van der Waals surface area contributed by atoms with E-state index in [1.807, 2.05) is 37.3 Å².